The second-order valence-electron chi connectivity index (χ2n) is 7.02. The van der Waals surface area contributed by atoms with Crippen LogP contribution in [0.1, 0.15) is 54.0 Å². The SMILES string of the molecule is CCOC(=O)c1[nH]c(C)c(CN2C[C@H]3CCCN3C[C@@H]2C)c1C. The molecular formula is C18H29N3O2. The molecule has 128 valence electrons. The molecule has 1 aromatic heterocycles. The van der Waals surface area contributed by atoms with Gasteiger partial charge in [-0.15, -0.1) is 0 Å². The average molecular weight is 319 g/mol. The Balaban J connectivity index is 1.76. The van der Waals surface area contributed by atoms with Gasteiger partial charge in [0.2, 0.25) is 0 Å². The molecule has 0 bridgehead atoms. The zero-order valence-corrected chi connectivity index (χ0v) is 14.8. The molecule has 23 heavy (non-hydrogen) atoms. The number of aryl methyl sites for hydroxylation is 1. The van der Waals surface area contributed by atoms with Crippen molar-refractivity contribution in [3.63, 3.8) is 0 Å². The fourth-order valence-electron chi connectivity index (χ4n) is 4.10. The van der Waals surface area contributed by atoms with Crippen LogP contribution in [-0.2, 0) is 11.3 Å². The molecule has 3 heterocycles. The number of H-pyrrole nitrogens is 1. The molecule has 0 amide bonds. The van der Waals surface area contributed by atoms with Crippen molar-refractivity contribution in [1.29, 1.82) is 0 Å². The van der Waals surface area contributed by atoms with Gasteiger partial charge in [0, 0.05) is 37.4 Å². The van der Waals surface area contributed by atoms with Crippen LogP contribution in [0.4, 0.5) is 0 Å². The highest BCUT2D eigenvalue weighted by Crippen LogP contribution is 2.28. The summed E-state index contributed by atoms with van der Waals surface area (Å²) in [6.07, 6.45) is 2.66. The number of hydrogen-bond donors (Lipinski definition) is 1. The van der Waals surface area contributed by atoms with Crippen LogP contribution in [0.3, 0.4) is 0 Å². The molecule has 5 heteroatoms. The van der Waals surface area contributed by atoms with Crippen LogP contribution < -0.4 is 0 Å². The number of carbonyl (C=O) groups excluding carboxylic acids is 1. The van der Waals surface area contributed by atoms with Crippen molar-refractivity contribution < 1.29 is 9.53 Å². The van der Waals surface area contributed by atoms with E-state index in [0.29, 0.717) is 18.3 Å². The average Bonchev–Trinajstić information content (AvgIpc) is 3.06. The zero-order valence-electron chi connectivity index (χ0n) is 14.8. The van der Waals surface area contributed by atoms with Gasteiger partial charge in [0.15, 0.2) is 0 Å². The molecule has 0 saturated carbocycles. The van der Waals surface area contributed by atoms with Crippen LogP contribution in [0.25, 0.3) is 0 Å². The van der Waals surface area contributed by atoms with Gasteiger partial charge in [0.05, 0.1) is 6.61 Å². The Morgan fingerprint density at radius 2 is 2.13 bits per heavy atom. The van der Waals surface area contributed by atoms with E-state index in [1.165, 1.54) is 24.9 Å². The number of ether oxygens (including phenoxy) is 1. The highest BCUT2D eigenvalue weighted by Gasteiger charge is 2.34. The van der Waals surface area contributed by atoms with Crippen molar-refractivity contribution in [1.82, 2.24) is 14.8 Å². The molecule has 0 aliphatic carbocycles. The molecule has 0 spiro atoms. The molecule has 0 unspecified atom stereocenters. The quantitative estimate of drug-likeness (QED) is 0.866. The van der Waals surface area contributed by atoms with E-state index in [4.69, 9.17) is 4.74 Å². The fraction of sp³-hybridized carbons (Fsp3) is 0.722. The van der Waals surface area contributed by atoms with Crippen LogP contribution >= 0.6 is 0 Å². The van der Waals surface area contributed by atoms with E-state index in [1.807, 2.05) is 13.8 Å². The number of esters is 1. The summed E-state index contributed by atoms with van der Waals surface area (Å²) in [5.74, 6) is -0.243. The number of piperazine rings is 1. The van der Waals surface area contributed by atoms with Crippen molar-refractivity contribution >= 4 is 5.97 Å². The lowest BCUT2D eigenvalue weighted by molar-refractivity contribution is 0.0516. The third kappa shape index (κ3) is 3.17. The minimum absolute atomic E-state index is 0.243. The largest absolute Gasteiger partial charge is 0.461 e. The standard InChI is InChI=1S/C18H29N3O2/c1-5-23-18(22)17-13(3)16(14(4)19-17)11-21-10-15-7-6-8-20(15)9-12(21)2/h12,15,19H,5-11H2,1-4H3/t12-,15+/m0/s1. The first-order chi connectivity index (χ1) is 11.0. The molecule has 1 N–H and O–H groups in total. The number of hydrogen-bond acceptors (Lipinski definition) is 4. The summed E-state index contributed by atoms with van der Waals surface area (Å²) in [5.41, 5.74) is 4.01. The number of rotatable bonds is 4. The maximum atomic E-state index is 12.1. The summed E-state index contributed by atoms with van der Waals surface area (Å²) in [5, 5.41) is 0. The van der Waals surface area contributed by atoms with Gasteiger partial charge in [-0.25, -0.2) is 4.79 Å². The maximum absolute atomic E-state index is 12.1. The molecule has 1 aromatic rings. The van der Waals surface area contributed by atoms with E-state index in [-0.39, 0.29) is 5.97 Å². The molecule has 3 rings (SSSR count). The Morgan fingerprint density at radius 1 is 1.35 bits per heavy atom. The van der Waals surface area contributed by atoms with Gasteiger partial charge < -0.3 is 9.72 Å². The second kappa shape index (κ2) is 6.65. The van der Waals surface area contributed by atoms with Gasteiger partial charge in [-0.3, -0.25) is 9.80 Å². The first kappa shape index (κ1) is 16.5. The smallest absolute Gasteiger partial charge is 0.355 e. The number of nitrogens with zero attached hydrogens (tertiary/aromatic N) is 2. The Hall–Kier alpha value is -1.33. The predicted octanol–water partition coefficient (Wildman–Crippen LogP) is 2.48. The van der Waals surface area contributed by atoms with Gasteiger partial charge in [0.1, 0.15) is 5.69 Å². The van der Waals surface area contributed by atoms with Crippen LogP contribution in [0, 0.1) is 13.8 Å². The Kier molecular flexibility index (Phi) is 4.78. The monoisotopic (exact) mass is 319 g/mol. The van der Waals surface area contributed by atoms with Gasteiger partial charge in [-0.05, 0) is 58.2 Å². The summed E-state index contributed by atoms with van der Waals surface area (Å²) in [6, 6.07) is 1.28. The third-order valence-corrected chi connectivity index (χ3v) is 5.50. The highest BCUT2D eigenvalue weighted by molar-refractivity contribution is 5.89. The topological polar surface area (TPSA) is 48.6 Å². The first-order valence-corrected chi connectivity index (χ1v) is 8.84. The normalized spacial score (nSPS) is 25.6. The number of fused-ring (bicyclic) bond motifs is 1. The molecule has 2 fully saturated rings. The summed E-state index contributed by atoms with van der Waals surface area (Å²) in [6.45, 7) is 13.1. The lowest BCUT2D eigenvalue weighted by Crippen LogP contribution is -2.54. The number of aromatic nitrogens is 1. The van der Waals surface area contributed by atoms with Crippen molar-refractivity contribution in [3.05, 3.63) is 22.5 Å². The molecule has 0 aromatic carbocycles. The summed E-state index contributed by atoms with van der Waals surface area (Å²) >= 11 is 0. The lowest BCUT2D eigenvalue weighted by Gasteiger charge is -2.42. The van der Waals surface area contributed by atoms with Gasteiger partial charge >= 0.3 is 5.97 Å². The van der Waals surface area contributed by atoms with Crippen molar-refractivity contribution in [2.75, 3.05) is 26.2 Å². The van der Waals surface area contributed by atoms with E-state index < -0.39 is 0 Å². The van der Waals surface area contributed by atoms with Gasteiger partial charge in [-0.1, -0.05) is 0 Å². The van der Waals surface area contributed by atoms with Crippen LogP contribution in [0.2, 0.25) is 0 Å². The lowest BCUT2D eigenvalue weighted by atomic mass is 10.0. The second-order valence-corrected chi connectivity index (χ2v) is 7.02. The third-order valence-electron chi connectivity index (χ3n) is 5.50. The van der Waals surface area contributed by atoms with Crippen molar-refractivity contribution in [2.24, 2.45) is 0 Å². The van der Waals surface area contributed by atoms with Gasteiger partial charge in [0.25, 0.3) is 0 Å². The van der Waals surface area contributed by atoms with Crippen LogP contribution in [0.5, 0.6) is 0 Å². The van der Waals surface area contributed by atoms with Crippen molar-refractivity contribution in [3.8, 4) is 0 Å². The van der Waals surface area contributed by atoms with Gasteiger partial charge in [-0.2, -0.15) is 0 Å². The number of carbonyl (C=O) groups is 1. The molecule has 2 aliphatic rings. The first-order valence-electron chi connectivity index (χ1n) is 8.84. The summed E-state index contributed by atoms with van der Waals surface area (Å²) < 4.78 is 5.15. The van der Waals surface area contributed by atoms with E-state index in [2.05, 4.69) is 28.6 Å². The Morgan fingerprint density at radius 3 is 2.87 bits per heavy atom. The van der Waals surface area contributed by atoms with E-state index in [9.17, 15) is 4.79 Å². The summed E-state index contributed by atoms with van der Waals surface area (Å²) in [7, 11) is 0. The van der Waals surface area contributed by atoms with Crippen molar-refractivity contribution in [2.45, 2.75) is 59.2 Å². The minimum Gasteiger partial charge on any atom is -0.461 e. The summed E-state index contributed by atoms with van der Waals surface area (Å²) in [4.78, 5) is 20.5. The van der Waals surface area contributed by atoms with Crippen LogP contribution in [0.15, 0.2) is 0 Å². The van der Waals surface area contributed by atoms with E-state index in [0.717, 1.165) is 36.9 Å². The number of aromatic amines is 1. The Labute approximate surface area is 139 Å². The molecule has 2 atom stereocenters. The maximum Gasteiger partial charge on any atom is 0.355 e. The highest BCUT2D eigenvalue weighted by atomic mass is 16.5. The molecule has 0 radical (unpaired) electrons. The van der Waals surface area contributed by atoms with Crippen LogP contribution in [-0.4, -0.2) is 59.1 Å². The predicted molar refractivity (Wildman–Crippen MR) is 90.7 cm³/mol. The Bertz CT molecular complexity index is 581. The number of nitrogens with one attached hydrogen (secondary N) is 1. The van der Waals surface area contributed by atoms with E-state index >= 15 is 0 Å². The molecule has 2 saturated heterocycles. The molecular weight excluding hydrogens is 290 g/mol. The zero-order chi connectivity index (χ0) is 16.6. The fourth-order valence-corrected chi connectivity index (χ4v) is 4.10. The minimum atomic E-state index is -0.243. The van der Waals surface area contributed by atoms with E-state index in [1.54, 1.807) is 0 Å². The molecule has 5 nitrogen and oxygen atoms in total. The molecule has 2 aliphatic heterocycles.